The highest BCUT2D eigenvalue weighted by molar-refractivity contribution is 6.02. The Balaban J connectivity index is 1.34. The lowest BCUT2D eigenvalue weighted by molar-refractivity contribution is 0.107. The Hall–Kier alpha value is -4.10. The van der Waals surface area contributed by atoms with E-state index in [0.717, 1.165) is 19.4 Å². The summed E-state index contributed by atoms with van der Waals surface area (Å²) >= 11 is 0. The van der Waals surface area contributed by atoms with Crippen LogP contribution in [-0.2, 0) is 6.54 Å². The monoisotopic (exact) mass is 589 g/mol. The number of terminal acetylenes is 1. The summed E-state index contributed by atoms with van der Waals surface area (Å²) in [4.78, 5) is 13.1. The number of nitrogens with one attached hydrogen (secondary N) is 1. The van der Waals surface area contributed by atoms with Crippen molar-refractivity contribution in [2.24, 2.45) is 0 Å². The molecule has 3 aromatic rings. The van der Waals surface area contributed by atoms with E-state index in [1.165, 1.54) is 12.1 Å². The molecule has 7 rings (SSSR count). The average Bonchev–Trinajstić information content (AvgIpc) is 3.43. The molecule has 0 saturated carbocycles. The molecule has 4 aliphatic heterocycles. The number of anilines is 1. The summed E-state index contributed by atoms with van der Waals surface area (Å²) in [7, 11) is 0. The van der Waals surface area contributed by atoms with E-state index in [1.54, 1.807) is 35.2 Å². The van der Waals surface area contributed by atoms with Crippen molar-refractivity contribution in [2.75, 3.05) is 37.7 Å². The predicted molar refractivity (Wildman–Crippen MR) is 158 cm³/mol. The van der Waals surface area contributed by atoms with E-state index in [1.807, 2.05) is 0 Å². The number of ether oxygens (including phenoxy) is 1. The largest absolute Gasteiger partial charge is 0.461 e. The molecule has 3 atom stereocenters. The van der Waals surface area contributed by atoms with Gasteiger partial charge < -0.3 is 15.0 Å². The van der Waals surface area contributed by atoms with Gasteiger partial charge in [-0.2, -0.15) is 9.97 Å². The van der Waals surface area contributed by atoms with Crippen LogP contribution in [0.5, 0.6) is 6.01 Å². The van der Waals surface area contributed by atoms with Gasteiger partial charge >= 0.3 is 6.01 Å². The van der Waals surface area contributed by atoms with Gasteiger partial charge in [-0.15, -0.1) is 6.42 Å². The number of fused-ring (bicyclic) bond motifs is 3. The Labute approximate surface area is 247 Å². The number of benzene rings is 2. The molecular weight excluding hydrogens is 558 g/mol. The van der Waals surface area contributed by atoms with Gasteiger partial charge in [0.2, 0.25) is 0 Å². The fourth-order valence-corrected chi connectivity index (χ4v) is 7.09. The summed E-state index contributed by atoms with van der Waals surface area (Å²) in [6, 6.07) is 8.09. The van der Waals surface area contributed by atoms with Crippen molar-refractivity contribution >= 4 is 28.1 Å². The zero-order valence-corrected chi connectivity index (χ0v) is 23.6. The Morgan fingerprint density at radius 2 is 2.00 bits per heavy atom. The van der Waals surface area contributed by atoms with Crippen molar-refractivity contribution in [3.63, 3.8) is 0 Å². The van der Waals surface area contributed by atoms with E-state index in [0.29, 0.717) is 53.6 Å². The minimum Gasteiger partial charge on any atom is -0.461 e. The fraction of sp³-hybridized carbons (Fsp3) is 0.394. The van der Waals surface area contributed by atoms with E-state index in [2.05, 4.69) is 26.1 Å². The van der Waals surface area contributed by atoms with E-state index in [9.17, 15) is 13.2 Å². The van der Waals surface area contributed by atoms with Crippen LogP contribution in [-0.4, -0.2) is 65.5 Å². The van der Waals surface area contributed by atoms with Gasteiger partial charge in [-0.3, -0.25) is 4.90 Å². The highest BCUT2D eigenvalue weighted by atomic mass is 19.1. The zero-order chi connectivity index (χ0) is 29.7. The summed E-state index contributed by atoms with van der Waals surface area (Å²) in [6.07, 6.45) is 9.54. The molecule has 4 aliphatic rings. The molecule has 2 unspecified atom stereocenters. The predicted octanol–water partition coefficient (Wildman–Crippen LogP) is 5.71. The first kappa shape index (κ1) is 27.7. The third-order valence-corrected chi connectivity index (χ3v) is 9.08. The van der Waals surface area contributed by atoms with Crippen LogP contribution in [0, 0.1) is 18.2 Å². The molecule has 0 spiro atoms. The maximum absolute atomic E-state index is 16.6. The van der Waals surface area contributed by atoms with Crippen LogP contribution < -0.4 is 15.0 Å². The van der Waals surface area contributed by atoms with Gasteiger partial charge in [-0.25, -0.2) is 17.6 Å². The van der Waals surface area contributed by atoms with Gasteiger partial charge in [0.05, 0.1) is 23.3 Å². The first-order valence-corrected chi connectivity index (χ1v) is 14.7. The van der Waals surface area contributed by atoms with Crippen LogP contribution in [0.4, 0.5) is 23.4 Å². The summed E-state index contributed by atoms with van der Waals surface area (Å²) in [5.41, 5.74) is 0.605. The standard InChI is InChI=1S/C33H31F4N5O/c1-2-23-26(36)11-10-20-7-5-9-24(27(20)23)29-28(37)30-25(16-38-29)31(41-13-4-3-8-21(34)17-41)40-32(39-30)43-19-33-12-6-14-42(33)18-22(35)15-33/h1,3,5,7-11,21-22,38H,4,6,12-19H2/t21?,22?,33-/m0/s1. The molecule has 1 N–H and O–H groups in total. The minimum absolute atomic E-state index is 0.0209. The first-order chi connectivity index (χ1) is 20.9. The Morgan fingerprint density at radius 3 is 2.86 bits per heavy atom. The second kappa shape index (κ2) is 10.9. The molecule has 43 heavy (non-hydrogen) atoms. The smallest absolute Gasteiger partial charge is 0.319 e. The molecule has 1 aromatic heterocycles. The third-order valence-electron chi connectivity index (χ3n) is 9.08. The topological polar surface area (TPSA) is 53.5 Å². The molecule has 0 bridgehead atoms. The molecule has 2 saturated heterocycles. The molecule has 5 heterocycles. The molecule has 2 fully saturated rings. The highest BCUT2D eigenvalue weighted by Gasteiger charge is 2.49. The average molecular weight is 590 g/mol. The molecule has 0 amide bonds. The summed E-state index contributed by atoms with van der Waals surface area (Å²) < 4.78 is 66.6. The summed E-state index contributed by atoms with van der Waals surface area (Å²) in [5.74, 6) is 1.55. The van der Waals surface area contributed by atoms with E-state index in [4.69, 9.17) is 11.2 Å². The maximum Gasteiger partial charge on any atom is 0.319 e. The SMILES string of the molecule is C#Cc1c(F)ccc2cccc(C3=C(F)c4nc(OC[C@@]56CCCN5CC(F)C6)nc(N5CCC=CC(F)C5)c4CN3)c12. The number of alkyl halides is 2. The Morgan fingerprint density at radius 1 is 1.12 bits per heavy atom. The lowest BCUT2D eigenvalue weighted by Crippen LogP contribution is -2.43. The van der Waals surface area contributed by atoms with Crippen LogP contribution in [0.1, 0.15) is 48.1 Å². The van der Waals surface area contributed by atoms with Crippen molar-refractivity contribution in [3.05, 3.63) is 70.7 Å². The number of rotatable bonds is 5. The van der Waals surface area contributed by atoms with Crippen molar-refractivity contribution < 1.29 is 22.3 Å². The van der Waals surface area contributed by atoms with E-state index < -0.39 is 29.5 Å². The minimum atomic E-state index is -1.22. The van der Waals surface area contributed by atoms with Crippen molar-refractivity contribution in [2.45, 2.75) is 50.1 Å². The number of halogens is 4. The van der Waals surface area contributed by atoms with Crippen LogP contribution in [0.2, 0.25) is 0 Å². The molecular formula is C33H31F4N5O. The summed E-state index contributed by atoms with van der Waals surface area (Å²) in [5, 5.41) is 4.23. The molecule has 0 radical (unpaired) electrons. The number of hydrogen-bond acceptors (Lipinski definition) is 6. The van der Waals surface area contributed by atoms with Gasteiger partial charge in [0.1, 0.15) is 36.3 Å². The van der Waals surface area contributed by atoms with Gasteiger partial charge in [0, 0.05) is 42.6 Å². The maximum atomic E-state index is 16.6. The molecule has 0 aliphatic carbocycles. The lowest BCUT2D eigenvalue weighted by Gasteiger charge is -2.32. The highest BCUT2D eigenvalue weighted by Crippen LogP contribution is 2.42. The number of hydrogen-bond donors (Lipinski definition) is 1. The normalized spacial score (nSPS) is 25.3. The molecule has 6 nitrogen and oxygen atoms in total. The van der Waals surface area contributed by atoms with Gasteiger partial charge in [0.25, 0.3) is 0 Å². The Kier molecular flexibility index (Phi) is 7.01. The number of nitrogens with zero attached hydrogens (tertiary/aromatic N) is 4. The van der Waals surface area contributed by atoms with Crippen LogP contribution in [0.15, 0.2) is 42.5 Å². The van der Waals surface area contributed by atoms with Crippen LogP contribution in [0.25, 0.3) is 22.3 Å². The summed E-state index contributed by atoms with van der Waals surface area (Å²) in [6.45, 7) is 2.02. The van der Waals surface area contributed by atoms with Crippen molar-refractivity contribution in [1.82, 2.24) is 20.2 Å². The zero-order valence-electron chi connectivity index (χ0n) is 23.6. The second-order valence-corrected chi connectivity index (χ2v) is 11.7. The first-order valence-electron chi connectivity index (χ1n) is 14.7. The quantitative estimate of drug-likeness (QED) is 0.234. The van der Waals surface area contributed by atoms with E-state index >= 15 is 4.39 Å². The van der Waals surface area contributed by atoms with Gasteiger partial charge in [-0.05, 0) is 37.3 Å². The second-order valence-electron chi connectivity index (χ2n) is 11.7. The molecule has 10 heteroatoms. The molecule has 222 valence electrons. The van der Waals surface area contributed by atoms with Crippen LogP contribution >= 0.6 is 0 Å². The lowest BCUT2D eigenvalue weighted by atomic mass is 9.94. The van der Waals surface area contributed by atoms with Crippen molar-refractivity contribution in [3.8, 4) is 18.4 Å². The van der Waals surface area contributed by atoms with Gasteiger partial charge in [0.15, 0.2) is 5.83 Å². The van der Waals surface area contributed by atoms with Crippen LogP contribution in [0.3, 0.4) is 0 Å². The van der Waals surface area contributed by atoms with E-state index in [-0.39, 0.29) is 42.7 Å². The van der Waals surface area contributed by atoms with Crippen molar-refractivity contribution in [1.29, 1.82) is 0 Å². The number of aromatic nitrogens is 2. The fourth-order valence-electron chi connectivity index (χ4n) is 7.09. The van der Waals surface area contributed by atoms with Gasteiger partial charge in [-0.1, -0.05) is 42.3 Å². The molecule has 2 aromatic carbocycles. The third kappa shape index (κ3) is 4.80. The Bertz CT molecular complexity index is 1700.